The van der Waals surface area contributed by atoms with Crippen molar-refractivity contribution in [2.75, 3.05) is 24.7 Å². The summed E-state index contributed by atoms with van der Waals surface area (Å²) in [5.41, 5.74) is 0.439. The lowest BCUT2D eigenvalue weighted by Crippen LogP contribution is -2.46. The maximum Gasteiger partial charge on any atom is 0.411 e. The van der Waals surface area contributed by atoms with E-state index in [0.717, 1.165) is 12.1 Å². The Labute approximate surface area is 162 Å². The van der Waals surface area contributed by atoms with Gasteiger partial charge in [0.25, 0.3) is 0 Å². The van der Waals surface area contributed by atoms with Crippen molar-refractivity contribution in [2.45, 2.75) is 62.6 Å². The Bertz CT molecular complexity index is 719. The number of amides is 1. The number of carbonyl (C=O) groups excluding carboxylic acids is 1. The second-order valence-corrected chi connectivity index (χ2v) is 8.69. The van der Waals surface area contributed by atoms with Gasteiger partial charge in [0.05, 0.1) is 17.6 Å². The van der Waals surface area contributed by atoms with Gasteiger partial charge in [-0.05, 0) is 68.6 Å². The number of anilines is 1. The van der Waals surface area contributed by atoms with Gasteiger partial charge in [0.15, 0.2) is 0 Å². The number of carbonyl (C=O) groups is 1. The Morgan fingerprint density at radius 3 is 2.29 bits per heavy atom. The van der Waals surface area contributed by atoms with Crippen LogP contribution in [0.15, 0.2) is 24.3 Å². The van der Waals surface area contributed by atoms with Gasteiger partial charge in [-0.15, -0.1) is 0 Å². The average Bonchev–Trinajstić information content (AvgIpc) is 3.44. The predicted octanol–water partition coefficient (Wildman–Crippen LogP) is 4.17. The highest BCUT2D eigenvalue weighted by molar-refractivity contribution is 6.00. The molecule has 4 nitrogen and oxygen atoms in total. The molecule has 3 fully saturated rings. The van der Waals surface area contributed by atoms with E-state index < -0.39 is 23.8 Å². The van der Waals surface area contributed by atoms with Crippen LogP contribution in [0.1, 0.15) is 56.4 Å². The molecular weight excluding hydrogens is 371 g/mol. The first-order valence-corrected chi connectivity index (χ1v) is 9.99. The number of nitrogens with zero attached hydrogens (tertiary/aromatic N) is 1. The Hall–Kier alpha value is -1.60. The standard InChI is InChI=1S/C21H26F3NO3/c22-21(23,24)14-28-13-20(27)9-7-19(8-10-20)11-12-25(18(19)26)17-5-3-16(4-6-17)15-1-2-15/h3-6,15,27H,1-2,7-14H2/t19-,20-. The third kappa shape index (κ3) is 4.06. The van der Waals surface area contributed by atoms with Gasteiger partial charge in [-0.3, -0.25) is 4.79 Å². The molecule has 1 amide bonds. The smallest absolute Gasteiger partial charge is 0.387 e. The minimum atomic E-state index is -4.40. The van der Waals surface area contributed by atoms with Crippen LogP contribution >= 0.6 is 0 Å². The molecule has 0 aromatic heterocycles. The summed E-state index contributed by atoms with van der Waals surface area (Å²) in [6.07, 6.45) is 0.319. The minimum Gasteiger partial charge on any atom is -0.387 e. The fourth-order valence-corrected chi connectivity index (χ4v) is 4.57. The van der Waals surface area contributed by atoms with Crippen LogP contribution in [0.25, 0.3) is 0 Å². The van der Waals surface area contributed by atoms with E-state index in [-0.39, 0.29) is 25.4 Å². The SMILES string of the molecule is O=C1N(c2ccc(C3CC3)cc2)CC[C@]12CC[C@](O)(COCC(F)(F)F)CC2. The van der Waals surface area contributed by atoms with Crippen molar-refractivity contribution in [2.24, 2.45) is 5.41 Å². The Morgan fingerprint density at radius 1 is 1.07 bits per heavy atom. The van der Waals surface area contributed by atoms with Gasteiger partial charge in [-0.2, -0.15) is 13.2 Å². The first-order valence-electron chi connectivity index (χ1n) is 9.99. The lowest BCUT2D eigenvalue weighted by Gasteiger charge is -2.40. The number of alkyl halides is 3. The second kappa shape index (κ2) is 7.02. The van der Waals surface area contributed by atoms with E-state index in [9.17, 15) is 23.1 Å². The van der Waals surface area contributed by atoms with Crippen LogP contribution in [0.5, 0.6) is 0 Å². The van der Waals surface area contributed by atoms with Gasteiger partial charge < -0.3 is 14.7 Å². The fourth-order valence-electron chi connectivity index (χ4n) is 4.57. The molecule has 1 aromatic rings. The van der Waals surface area contributed by atoms with Crippen LogP contribution in [0.3, 0.4) is 0 Å². The molecule has 1 heterocycles. The van der Waals surface area contributed by atoms with E-state index in [2.05, 4.69) is 16.9 Å². The number of hydrogen-bond acceptors (Lipinski definition) is 3. The topological polar surface area (TPSA) is 49.8 Å². The molecule has 4 rings (SSSR count). The van der Waals surface area contributed by atoms with Crippen molar-refractivity contribution in [3.8, 4) is 0 Å². The van der Waals surface area contributed by atoms with Crippen molar-refractivity contribution in [3.63, 3.8) is 0 Å². The summed E-state index contributed by atoms with van der Waals surface area (Å²) in [6, 6.07) is 8.22. The van der Waals surface area contributed by atoms with Gasteiger partial charge in [-0.1, -0.05) is 12.1 Å². The quantitative estimate of drug-likeness (QED) is 0.811. The van der Waals surface area contributed by atoms with Crippen LogP contribution in [0, 0.1) is 5.41 Å². The first kappa shape index (κ1) is 19.7. The Morgan fingerprint density at radius 2 is 1.71 bits per heavy atom. The number of aliphatic hydroxyl groups is 1. The zero-order chi connectivity index (χ0) is 20.0. The van der Waals surface area contributed by atoms with E-state index in [1.54, 1.807) is 0 Å². The number of rotatable bonds is 5. The molecule has 1 spiro atoms. The zero-order valence-electron chi connectivity index (χ0n) is 15.8. The molecule has 28 heavy (non-hydrogen) atoms. The Kier molecular flexibility index (Phi) is 4.94. The molecule has 3 aliphatic rings. The maximum absolute atomic E-state index is 13.1. The van der Waals surface area contributed by atoms with Crippen LogP contribution in [0.4, 0.5) is 18.9 Å². The summed E-state index contributed by atoms with van der Waals surface area (Å²) in [7, 11) is 0. The highest BCUT2D eigenvalue weighted by atomic mass is 19.4. The fraction of sp³-hybridized carbons (Fsp3) is 0.667. The molecule has 1 N–H and O–H groups in total. The lowest BCUT2D eigenvalue weighted by atomic mass is 9.68. The van der Waals surface area contributed by atoms with Crippen molar-refractivity contribution in [1.29, 1.82) is 0 Å². The maximum atomic E-state index is 13.1. The molecule has 1 aliphatic heterocycles. The van der Waals surface area contributed by atoms with Crippen molar-refractivity contribution >= 4 is 11.6 Å². The molecule has 154 valence electrons. The second-order valence-electron chi connectivity index (χ2n) is 8.69. The normalized spacial score (nSPS) is 31.0. The van der Waals surface area contributed by atoms with Gasteiger partial charge >= 0.3 is 6.18 Å². The van der Waals surface area contributed by atoms with Gasteiger partial charge in [0.2, 0.25) is 5.91 Å². The van der Waals surface area contributed by atoms with E-state index in [4.69, 9.17) is 0 Å². The van der Waals surface area contributed by atoms with Crippen LogP contribution in [0.2, 0.25) is 0 Å². The molecule has 2 aliphatic carbocycles. The molecule has 0 unspecified atom stereocenters. The molecular formula is C21H26F3NO3. The van der Waals surface area contributed by atoms with E-state index in [0.29, 0.717) is 25.3 Å². The molecule has 0 radical (unpaired) electrons. The van der Waals surface area contributed by atoms with Gasteiger partial charge in [0, 0.05) is 12.2 Å². The van der Waals surface area contributed by atoms with E-state index >= 15 is 0 Å². The summed E-state index contributed by atoms with van der Waals surface area (Å²) >= 11 is 0. The summed E-state index contributed by atoms with van der Waals surface area (Å²) in [5.74, 6) is 0.746. The molecule has 7 heteroatoms. The molecule has 0 bridgehead atoms. The molecule has 1 aromatic carbocycles. The number of benzene rings is 1. The lowest BCUT2D eigenvalue weighted by molar-refractivity contribution is -0.191. The van der Waals surface area contributed by atoms with Crippen LogP contribution < -0.4 is 4.90 Å². The highest BCUT2D eigenvalue weighted by Crippen LogP contribution is 2.49. The molecule has 1 saturated heterocycles. The van der Waals surface area contributed by atoms with Crippen molar-refractivity contribution in [1.82, 2.24) is 0 Å². The van der Waals surface area contributed by atoms with Crippen molar-refractivity contribution in [3.05, 3.63) is 29.8 Å². The zero-order valence-corrected chi connectivity index (χ0v) is 15.8. The summed E-state index contributed by atoms with van der Waals surface area (Å²) < 4.78 is 41.4. The number of ether oxygens (including phenoxy) is 1. The first-order chi connectivity index (χ1) is 13.2. The summed E-state index contributed by atoms with van der Waals surface area (Å²) in [5, 5.41) is 10.6. The van der Waals surface area contributed by atoms with Crippen LogP contribution in [-0.2, 0) is 9.53 Å². The van der Waals surface area contributed by atoms with Crippen molar-refractivity contribution < 1.29 is 27.8 Å². The molecule has 2 saturated carbocycles. The minimum absolute atomic E-state index is 0.0740. The van der Waals surface area contributed by atoms with Crippen LogP contribution in [-0.4, -0.2) is 42.5 Å². The number of hydrogen-bond donors (Lipinski definition) is 1. The monoisotopic (exact) mass is 397 g/mol. The summed E-state index contributed by atoms with van der Waals surface area (Å²) in [6.45, 7) is -1.06. The average molecular weight is 397 g/mol. The highest BCUT2D eigenvalue weighted by Gasteiger charge is 2.51. The third-order valence-corrected chi connectivity index (χ3v) is 6.54. The van der Waals surface area contributed by atoms with E-state index in [1.165, 1.54) is 18.4 Å². The third-order valence-electron chi connectivity index (χ3n) is 6.54. The molecule has 0 atom stereocenters. The van der Waals surface area contributed by atoms with E-state index in [1.807, 2.05) is 17.0 Å². The largest absolute Gasteiger partial charge is 0.411 e. The predicted molar refractivity (Wildman–Crippen MR) is 98.1 cm³/mol. The van der Waals surface area contributed by atoms with Gasteiger partial charge in [-0.25, -0.2) is 0 Å². The number of halogens is 3. The van der Waals surface area contributed by atoms with Gasteiger partial charge in [0.1, 0.15) is 6.61 Å². The Balaban J connectivity index is 1.35. The summed E-state index contributed by atoms with van der Waals surface area (Å²) in [4.78, 5) is 15.0.